The van der Waals surface area contributed by atoms with E-state index in [1.54, 1.807) is 42.5 Å². The first-order valence-corrected chi connectivity index (χ1v) is 46.2. The Balaban J connectivity index is 0.000000145. The number of halogens is 1. The zero-order chi connectivity index (χ0) is 95.8. The highest BCUT2D eigenvalue weighted by Gasteiger charge is 2.26. The van der Waals surface area contributed by atoms with Gasteiger partial charge < -0.3 is 43.2 Å². The molecule has 0 aliphatic carbocycles. The van der Waals surface area contributed by atoms with Crippen LogP contribution in [0.1, 0.15) is 139 Å². The third-order valence-corrected chi connectivity index (χ3v) is 24.8. The molecule has 0 fully saturated rings. The van der Waals surface area contributed by atoms with Crippen molar-refractivity contribution in [3.63, 3.8) is 0 Å². The fourth-order valence-electron chi connectivity index (χ4n) is 16.8. The standard InChI is InChI=1S/C30H29NO3.C28H25NO3.C21H21NO2.C21H21NO.C20H18ClNO/c1-20-7-14-27(21(2)15-20)30(33)34-19-22-8-12-25(13-9-22)28(18-31)29(32)17-23-10-11-24-5-3-4-6-26(24)16-23;29-18-26(27(30)17-21-12-13-22-6-4-5-9-25(22)16-21)23-14-10-20(11-15-23)19-32-28(31)24-7-2-1-3-8-24;22-13-20(18-9-5-15(14-23)6-10-18)21(24)12-16-7-8-17-3-1-2-4-19(17)11-16;1-15-6-9-18(10-7-15)20(14-22)21(23)13-16-8-11-17-4-2-3-5-19(17)12-16;21-18-9-7-16(8-10-18)19(13-22)20(23)12-14-5-6-15-3-1-2-4-17(15)11-14/h3-16,28H,17-19,31H2,1-2H3;1-16,26H,17-19,29H2;1-11,20,23H,12-14,22H2;2-12,20H,13-14,22H2,1H3;1-11,19H,12-13,22H2. The molecule has 0 amide bonds. The summed E-state index contributed by atoms with van der Waals surface area (Å²) in [7, 11) is 0. The number of Topliss-reactive ketones (excluding diaryl/α,β-unsaturated/α-hetero) is 5. The fraction of sp³-hybridized carbons (Fsp3) is 0.175. The summed E-state index contributed by atoms with van der Waals surface area (Å²) in [6.45, 7) is 7.69. The minimum absolute atomic E-state index is 0.00138. The molecule has 686 valence electrons. The van der Waals surface area contributed by atoms with E-state index in [1.807, 2.05) is 263 Å². The normalized spacial score (nSPS) is 12.0. The molecule has 17 rings (SSSR count). The van der Waals surface area contributed by atoms with Gasteiger partial charge in [0.1, 0.15) is 42.1 Å². The second-order valence-corrected chi connectivity index (χ2v) is 34.7. The van der Waals surface area contributed by atoms with Crippen LogP contribution in [0.2, 0.25) is 5.02 Å². The van der Waals surface area contributed by atoms with Crippen molar-refractivity contribution in [2.24, 2.45) is 28.7 Å². The molecule has 0 radical (unpaired) electrons. The molecular weight excluding hydrogens is 1710 g/mol. The third-order valence-electron chi connectivity index (χ3n) is 24.5. The number of hydrogen-bond donors (Lipinski definition) is 6. The molecule has 0 heterocycles. The van der Waals surface area contributed by atoms with Gasteiger partial charge in [0.15, 0.2) is 0 Å². The van der Waals surface area contributed by atoms with Gasteiger partial charge in [-0.2, -0.15) is 0 Å². The number of benzene rings is 17. The highest BCUT2D eigenvalue weighted by Crippen LogP contribution is 2.30. The van der Waals surface area contributed by atoms with Crippen LogP contribution in [0, 0.1) is 20.8 Å². The van der Waals surface area contributed by atoms with Gasteiger partial charge in [-0.3, -0.25) is 24.0 Å². The van der Waals surface area contributed by atoms with E-state index in [9.17, 15) is 33.6 Å². The molecule has 15 nitrogen and oxygen atoms in total. The molecule has 0 aliphatic rings. The number of carbonyl (C=O) groups is 7. The Hall–Kier alpha value is -14.6. The number of ether oxygens (including phenoxy) is 2. The van der Waals surface area contributed by atoms with E-state index in [-0.39, 0.29) is 110 Å². The van der Waals surface area contributed by atoms with Gasteiger partial charge in [-0.1, -0.05) is 375 Å². The van der Waals surface area contributed by atoms with E-state index >= 15 is 0 Å². The number of aryl methyl sites for hydroxylation is 3. The number of ketones is 5. The Morgan fingerprint density at radius 3 is 0.779 bits per heavy atom. The maximum atomic E-state index is 13.0. The number of rotatable bonds is 32. The SMILES string of the molecule is Cc1ccc(C(=O)OCc2ccc(C(CN)C(=O)Cc3ccc4ccccc4c3)cc2)c(C)c1.Cc1ccc(C(CN)C(=O)Cc2ccc3ccccc3c2)cc1.NCC(C(=O)Cc1ccc2ccccc2c1)c1ccc(CO)cc1.NCC(C(=O)Cc1ccc2ccccc2c1)c1ccc(COC(=O)c2ccccc2)cc1.NCC(C(=O)Cc1ccc2ccccc2c1)c1ccc(Cl)cc1. The Morgan fingerprint density at radius 2 is 0.500 bits per heavy atom. The average Bonchev–Trinajstić information content (AvgIpc) is 0.838. The van der Waals surface area contributed by atoms with Crippen LogP contribution in [0.4, 0.5) is 0 Å². The monoisotopic (exact) mass is 1820 g/mol. The van der Waals surface area contributed by atoms with Crippen LogP contribution in [-0.4, -0.2) is 78.7 Å². The van der Waals surface area contributed by atoms with Gasteiger partial charge in [0, 0.05) is 69.9 Å². The van der Waals surface area contributed by atoms with Crippen molar-refractivity contribution < 1.29 is 48.1 Å². The number of nitrogens with two attached hydrogens (primary N) is 5. The minimum atomic E-state index is -0.377. The van der Waals surface area contributed by atoms with Crippen molar-refractivity contribution in [3.8, 4) is 0 Å². The van der Waals surface area contributed by atoms with Crippen molar-refractivity contribution in [1.29, 1.82) is 0 Å². The molecule has 0 spiro atoms. The first-order valence-electron chi connectivity index (χ1n) is 45.8. The van der Waals surface area contributed by atoms with E-state index in [0.29, 0.717) is 61.3 Å². The van der Waals surface area contributed by atoms with Crippen LogP contribution in [0.5, 0.6) is 0 Å². The van der Waals surface area contributed by atoms with Gasteiger partial charge in [0.2, 0.25) is 0 Å². The molecule has 16 heteroatoms. The molecule has 5 unspecified atom stereocenters. The zero-order valence-electron chi connectivity index (χ0n) is 76.8. The van der Waals surface area contributed by atoms with Crippen molar-refractivity contribution in [2.75, 3.05) is 32.7 Å². The quantitative estimate of drug-likeness (QED) is 0.0214. The van der Waals surface area contributed by atoms with Crippen LogP contribution in [0.3, 0.4) is 0 Å². The molecule has 0 saturated heterocycles. The Labute approximate surface area is 800 Å². The summed E-state index contributed by atoms with van der Waals surface area (Å²) >= 11 is 5.91. The van der Waals surface area contributed by atoms with E-state index in [4.69, 9.17) is 54.8 Å². The van der Waals surface area contributed by atoms with Gasteiger partial charge in [-0.15, -0.1) is 0 Å². The first kappa shape index (κ1) is 98.9. The molecule has 11 N–H and O–H groups in total. The minimum Gasteiger partial charge on any atom is -0.457 e. The molecule has 0 bridgehead atoms. The van der Waals surface area contributed by atoms with Gasteiger partial charge >= 0.3 is 11.9 Å². The maximum absolute atomic E-state index is 13.0. The molecule has 5 atom stereocenters. The molecule has 0 aromatic heterocycles. The summed E-state index contributed by atoms with van der Waals surface area (Å²) in [6.07, 6.45) is 1.84. The third kappa shape index (κ3) is 27.6. The van der Waals surface area contributed by atoms with E-state index in [1.165, 1.54) is 21.7 Å². The average molecular weight is 1820 g/mol. The number of esters is 2. The lowest BCUT2D eigenvalue weighted by molar-refractivity contribution is -0.120. The second kappa shape index (κ2) is 49.4. The van der Waals surface area contributed by atoms with Gasteiger partial charge in [-0.05, 0) is 183 Å². The predicted octanol–water partition coefficient (Wildman–Crippen LogP) is 22.3. The van der Waals surface area contributed by atoms with E-state index in [2.05, 4.69) is 97.1 Å². The Kier molecular flexibility index (Phi) is 35.9. The fourth-order valence-corrected chi connectivity index (χ4v) is 16.9. The summed E-state index contributed by atoms with van der Waals surface area (Å²) in [5.41, 5.74) is 45.9. The second-order valence-electron chi connectivity index (χ2n) is 34.2. The largest absolute Gasteiger partial charge is 0.457 e. The maximum Gasteiger partial charge on any atom is 0.338 e. The molecule has 17 aromatic carbocycles. The predicted molar refractivity (Wildman–Crippen MR) is 551 cm³/mol. The smallest absolute Gasteiger partial charge is 0.338 e. The van der Waals surface area contributed by atoms with Crippen molar-refractivity contribution >= 4 is 106 Å². The van der Waals surface area contributed by atoms with Gasteiger partial charge in [-0.25, -0.2) is 9.59 Å². The first-order chi connectivity index (χ1) is 66.1. The van der Waals surface area contributed by atoms with Gasteiger partial charge in [0.05, 0.1) is 47.3 Å². The number of fused-ring (bicyclic) bond motifs is 5. The molecule has 136 heavy (non-hydrogen) atoms. The summed E-state index contributed by atoms with van der Waals surface area (Å²) in [5.74, 6) is -1.70. The lowest BCUT2D eigenvalue weighted by Gasteiger charge is -2.15. The van der Waals surface area contributed by atoms with E-state index in [0.717, 1.165) is 121 Å². The van der Waals surface area contributed by atoms with Crippen LogP contribution in [0.15, 0.2) is 382 Å². The Bertz CT molecular complexity index is 6810. The lowest BCUT2D eigenvalue weighted by atomic mass is 9.90. The highest BCUT2D eigenvalue weighted by molar-refractivity contribution is 6.30. The molecule has 0 aliphatic heterocycles. The summed E-state index contributed by atoms with van der Waals surface area (Å²) in [5, 5.41) is 21.3. The van der Waals surface area contributed by atoms with Crippen LogP contribution < -0.4 is 28.7 Å². The number of aliphatic hydroxyl groups excluding tert-OH is 1. The number of aliphatic hydroxyl groups is 1. The Morgan fingerprint density at radius 1 is 0.257 bits per heavy atom. The molecule has 17 aromatic rings. The van der Waals surface area contributed by atoms with Crippen LogP contribution in [-0.2, 0) is 85.4 Å². The van der Waals surface area contributed by atoms with E-state index < -0.39 is 0 Å². The number of hydrogen-bond acceptors (Lipinski definition) is 15. The van der Waals surface area contributed by atoms with Crippen LogP contribution >= 0.6 is 11.6 Å². The number of carbonyl (C=O) groups excluding carboxylic acids is 7. The van der Waals surface area contributed by atoms with Crippen LogP contribution in [0.25, 0.3) is 53.9 Å². The highest BCUT2D eigenvalue weighted by atomic mass is 35.5. The summed E-state index contributed by atoms with van der Waals surface area (Å²) in [6, 6.07) is 124. The summed E-state index contributed by atoms with van der Waals surface area (Å²) < 4.78 is 10.9. The van der Waals surface area contributed by atoms with Crippen molar-refractivity contribution in [3.05, 3.63) is 487 Å². The molecule has 0 saturated carbocycles. The molecular formula is C120H114ClN5O10. The topological polar surface area (TPSA) is 288 Å². The van der Waals surface area contributed by atoms with Gasteiger partial charge in [0.25, 0.3) is 0 Å². The zero-order valence-corrected chi connectivity index (χ0v) is 77.6. The lowest BCUT2D eigenvalue weighted by Crippen LogP contribution is -2.23. The van der Waals surface area contributed by atoms with Crippen molar-refractivity contribution in [1.82, 2.24) is 0 Å². The summed E-state index contributed by atoms with van der Waals surface area (Å²) in [4.78, 5) is 88.6. The van der Waals surface area contributed by atoms with Crippen molar-refractivity contribution in [2.45, 2.75) is 102 Å².